The number of nitrogens with zero attached hydrogens (tertiary/aromatic N) is 5. The number of rotatable bonds is 21. The lowest BCUT2D eigenvalue weighted by atomic mass is 10.1. The van der Waals surface area contributed by atoms with Gasteiger partial charge in [0.2, 0.25) is 0 Å². The Bertz CT molecular complexity index is 2190. The molecule has 0 atom stereocenters. The van der Waals surface area contributed by atoms with Crippen molar-refractivity contribution in [2.24, 2.45) is 10.2 Å². The Balaban J connectivity index is 1.13. The molecule has 1 aliphatic rings. The average Bonchev–Trinajstić information content (AvgIpc) is 3.49. The van der Waals surface area contributed by atoms with Crippen LogP contribution in [0.1, 0.15) is 50.2 Å². The highest BCUT2D eigenvalue weighted by atomic mass is 16.5. The van der Waals surface area contributed by atoms with Crippen molar-refractivity contribution in [3.8, 4) is 17.6 Å². The fourth-order valence-corrected chi connectivity index (χ4v) is 6.02. The van der Waals surface area contributed by atoms with Crippen molar-refractivity contribution in [1.29, 1.82) is 5.26 Å². The molecule has 2 heterocycles. The van der Waals surface area contributed by atoms with Crippen molar-refractivity contribution < 1.29 is 28.5 Å². The van der Waals surface area contributed by atoms with Crippen LogP contribution in [-0.4, -0.2) is 69.5 Å². The second-order valence-electron chi connectivity index (χ2n) is 13.1. The first-order chi connectivity index (χ1) is 27.9. The van der Waals surface area contributed by atoms with Crippen LogP contribution in [0.5, 0.6) is 11.5 Å². The zero-order valence-corrected chi connectivity index (χ0v) is 32.1. The maximum Gasteiger partial charge on any atom is 0.268 e. The number of benzene rings is 4. The SMILES string of the molecule is Cc1ccc(N2C(=O)c3cccc(N=Nc4c(NCCCOCCOc5ccccc5)nc(NCCCOCCOc5ccccc5)c(C#N)c4C)c3C2=O)cc1. The van der Waals surface area contributed by atoms with E-state index in [-0.39, 0.29) is 16.8 Å². The fourth-order valence-electron chi connectivity index (χ4n) is 6.02. The molecule has 0 spiro atoms. The van der Waals surface area contributed by atoms with Gasteiger partial charge in [0, 0.05) is 31.9 Å². The van der Waals surface area contributed by atoms with E-state index in [9.17, 15) is 14.9 Å². The lowest BCUT2D eigenvalue weighted by Gasteiger charge is -2.16. The summed E-state index contributed by atoms with van der Waals surface area (Å²) in [4.78, 5) is 33.0. The van der Waals surface area contributed by atoms with Crippen molar-refractivity contribution in [2.45, 2.75) is 26.7 Å². The predicted molar refractivity (Wildman–Crippen MR) is 218 cm³/mol. The third kappa shape index (κ3) is 10.6. The van der Waals surface area contributed by atoms with E-state index in [4.69, 9.17) is 23.9 Å². The predicted octanol–water partition coefficient (Wildman–Crippen LogP) is 8.58. The molecule has 0 unspecified atom stereocenters. The molecule has 4 aromatic carbocycles. The maximum atomic E-state index is 13.7. The molecule has 57 heavy (non-hydrogen) atoms. The molecule has 0 fully saturated rings. The second kappa shape index (κ2) is 20.3. The number of hydrogen-bond donors (Lipinski definition) is 2. The van der Waals surface area contributed by atoms with Gasteiger partial charge in [0.25, 0.3) is 11.8 Å². The molecule has 1 aromatic heterocycles. The van der Waals surface area contributed by atoms with E-state index < -0.39 is 11.8 Å². The number of para-hydroxylation sites is 2. The minimum atomic E-state index is -0.485. The molecule has 13 heteroatoms. The average molecular weight is 768 g/mol. The Morgan fingerprint density at radius 1 is 0.667 bits per heavy atom. The highest BCUT2D eigenvalue weighted by Gasteiger charge is 2.38. The van der Waals surface area contributed by atoms with Crippen LogP contribution in [0.4, 0.5) is 28.7 Å². The van der Waals surface area contributed by atoms with Gasteiger partial charge in [-0.1, -0.05) is 60.2 Å². The molecule has 292 valence electrons. The van der Waals surface area contributed by atoms with Crippen LogP contribution in [0.2, 0.25) is 0 Å². The number of fused-ring (bicyclic) bond motifs is 1. The number of aryl methyl sites for hydroxylation is 1. The van der Waals surface area contributed by atoms with Gasteiger partial charge >= 0.3 is 0 Å². The first-order valence-corrected chi connectivity index (χ1v) is 18.9. The Morgan fingerprint density at radius 3 is 1.86 bits per heavy atom. The van der Waals surface area contributed by atoms with Crippen LogP contribution in [-0.2, 0) is 9.47 Å². The summed E-state index contributed by atoms with van der Waals surface area (Å²) in [6.07, 6.45) is 1.31. The third-order valence-electron chi connectivity index (χ3n) is 8.96. The van der Waals surface area contributed by atoms with Gasteiger partial charge < -0.3 is 29.6 Å². The minimum absolute atomic E-state index is 0.160. The molecule has 1 aliphatic heterocycles. The smallest absolute Gasteiger partial charge is 0.268 e. The molecule has 2 N–H and O–H groups in total. The normalized spacial score (nSPS) is 12.1. The largest absolute Gasteiger partial charge is 0.491 e. The molecule has 0 radical (unpaired) electrons. The van der Waals surface area contributed by atoms with E-state index in [2.05, 4.69) is 26.9 Å². The van der Waals surface area contributed by atoms with E-state index in [1.54, 1.807) is 37.3 Å². The molecule has 6 rings (SSSR count). The van der Waals surface area contributed by atoms with Crippen LogP contribution >= 0.6 is 0 Å². The van der Waals surface area contributed by atoms with Gasteiger partial charge in [-0.05, 0) is 75.2 Å². The lowest BCUT2D eigenvalue weighted by Crippen LogP contribution is -2.29. The number of amides is 2. The summed E-state index contributed by atoms with van der Waals surface area (Å²) in [5.74, 6) is 1.46. The monoisotopic (exact) mass is 767 g/mol. The van der Waals surface area contributed by atoms with Gasteiger partial charge in [0.1, 0.15) is 42.3 Å². The second-order valence-corrected chi connectivity index (χ2v) is 13.1. The zero-order chi connectivity index (χ0) is 39.8. The standard InChI is InChI=1S/C44H45N7O6/c1-31-18-20-33(21-19-31)51-43(52)36-16-9-17-38(39(36)44(51)53)49-50-40-32(2)37(30-45)41(46-22-10-24-54-26-28-56-34-12-5-3-6-13-34)48-42(40)47-23-11-25-55-27-29-57-35-14-7-4-8-15-35/h3-9,12-21H,10-11,22-29H2,1-2H3,(H2,46,47,48). The number of nitrogens with one attached hydrogen (secondary N) is 2. The summed E-state index contributed by atoms with van der Waals surface area (Å²) < 4.78 is 22.9. The molecule has 2 amide bonds. The van der Waals surface area contributed by atoms with Gasteiger partial charge in [0.05, 0.1) is 41.3 Å². The number of imide groups is 1. The van der Waals surface area contributed by atoms with Crippen LogP contribution in [0.15, 0.2) is 113 Å². The number of aromatic nitrogens is 1. The van der Waals surface area contributed by atoms with Crippen LogP contribution < -0.4 is 25.0 Å². The molecule has 0 saturated carbocycles. The highest BCUT2D eigenvalue weighted by molar-refractivity contribution is 6.35. The Kier molecular flexibility index (Phi) is 14.3. The summed E-state index contributed by atoms with van der Waals surface area (Å²) >= 11 is 0. The first kappa shape index (κ1) is 40.1. The molecular formula is C44H45N7O6. The summed E-state index contributed by atoms with van der Waals surface area (Å²) in [5, 5.41) is 25.9. The third-order valence-corrected chi connectivity index (χ3v) is 8.96. The molecule has 0 aliphatic carbocycles. The molecule has 0 saturated heterocycles. The van der Waals surface area contributed by atoms with Gasteiger partial charge in [-0.15, -0.1) is 10.2 Å². The number of hydrogen-bond acceptors (Lipinski definition) is 12. The fraction of sp³-hybridized carbons (Fsp3) is 0.273. The van der Waals surface area contributed by atoms with Crippen LogP contribution in [0.3, 0.4) is 0 Å². The quantitative estimate of drug-likeness (QED) is 0.0421. The van der Waals surface area contributed by atoms with E-state index >= 15 is 0 Å². The molecule has 13 nitrogen and oxygen atoms in total. The zero-order valence-electron chi connectivity index (χ0n) is 32.1. The van der Waals surface area contributed by atoms with Crippen LogP contribution in [0.25, 0.3) is 0 Å². The highest BCUT2D eigenvalue weighted by Crippen LogP contribution is 2.38. The maximum absolute atomic E-state index is 13.7. The summed E-state index contributed by atoms with van der Waals surface area (Å²) in [7, 11) is 0. The van der Waals surface area contributed by atoms with Crippen molar-refractivity contribution in [3.63, 3.8) is 0 Å². The summed E-state index contributed by atoms with van der Waals surface area (Å²) in [5.41, 5.74) is 3.29. The van der Waals surface area contributed by atoms with Crippen molar-refractivity contribution >= 4 is 40.5 Å². The number of carbonyl (C=O) groups is 2. The van der Waals surface area contributed by atoms with Crippen LogP contribution in [0, 0.1) is 25.2 Å². The number of pyridine rings is 1. The number of nitriles is 1. The minimum Gasteiger partial charge on any atom is -0.491 e. The topological polar surface area (TPSA) is 160 Å². The lowest BCUT2D eigenvalue weighted by molar-refractivity contribution is 0.0926. The first-order valence-electron chi connectivity index (χ1n) is 18.9. The van der Waals surface area contributed by atoms with Crippen molar-refractivity contribution in [2.75, 3.05) is 68.3 Å². The molecular weight excluding hydrogens is 723 g/mol. The molecule has 5 aromatic rings. The number of azo groups is 1. The van der Waals surface area contributed by atoms with Gasteiger partial charge in [-0.2, -0.15) is 5.26 Å². The van der Waals surface area contributed by atoms with E-state index in [0.717, 1.165) is 22.0 Å². The Hall–Kier alpha value is -6.62. The van der Waals surface area contributed by atoms with E-state index in [1.807, 2.05) is 79.7 Å². The number of anilines is 3. The van der Waals surface area contributed by atoms with Crippen molar-refractivity contribution in [3.05, 3.63) is 131 Å². The van der Waals surface area contributed by atoms with Gasteiger partial charge in [-0.25, -0.2) is 9.88 Å². The Labute approximate surface area is 332 Å². The van der Waals surface area contributed by atoms with Crippen molar-refractivity contribution in [1.82, 2.24) is 4.98 Å². The Morgan fingerprint density at radius 2 is 1.26 bits per heavy atom. The van der Waals surface area contributed by atoms with E-state index in [0.29, 0.717) is 99.7 Å². The number of ether oxygens (including phenoxy) is 4. The summed E-state index contributed by atoms with van der Waals surface area (Å²) in [6, 6.07) is 33.5. The van der Waals surface area contributed by atoms with E-state index in [1.165, 1.54) is 0 Å². The number of carbonyl (C=O) groups excluding carboxylic acids is 2. The van der Waals surface area contributed by atoms with Gasteiger partial charge in [0.15, 0.2) is 5.82 Å². The summed E-state index contributed by atoms with van der Waals surface area (Å²) in [6.45, 7) is 7.42. The van der Waals surface area contributed by atoms with Gasteiger partial charge in [-0.3, -0.25) is 9.59 Å². The molecule has 0 bridgehead atoms.